The molecule has 1 amide bonds. The van der Waals surface area contributed by atoms with Crippen molar-refractivity contribution >= 4 is 29.0 Å². The van der Waals surface area contributed by atoms with Crippen molar-refractivity contribution in [2.75, 3.05) is 0 Å². The Hall–Kier alpha value is -2.18. The number of carbonyl (C=O) groups excluding carboxylic acids is 1. The van der Waals surface area contributed by atoms with E-state index in [1.165, 1.54) is 23.1 Å². The molecule has 0 radical (unpaired) electrons. The highest BCUT2D eigenvalue weighted by Gasteiger charge is 2.21. The lowest BCUT2D eigenvalue weighted by Crippen LogP contribution is -2.34. The van der Waals surface area contributed by atoms with E-state index in [9.17, 15) is 4.79 Å². The fourth-order valence-corrected chi connectivity index (χ4v) is 3.96. The van der Waals surface area contributed by atoms with Crippen LogP contribution in [0.2, 0.25) is 0 Å². The molecular formula is C18H17N3OS2. The molecule has 1 heterocycles. The standard InChI is InChI=1S/C18H17N3OS2/c1-13(24-18-21-19-12-23-18)17(22)20-16(14-8-4-2-5-9-14)15-10-6-3-7-11-15/h2-13,16H,1H3,(H,20,22). The summed E-state index contributed by atoms with van der Waals surface area (Å²) >= 11 is 2.86. The summed E-state index contributed by atoms with van der Waals surface area (Å²) in [5.74, 6) is -0.0205. The van der Waals surface area contributed by atoms with Crippen molar-refractivity contribution < 1.29 is 4.79 Å². The zero-order valence-electron chi connectivity index (χ0n) is 13.1. The van der Waals surface area contributed by atoms with Crippen LogP contribution in [0.25, 0.3) is 0 Å². The maximum atomic E-state index is 12.7. The van der Waals surface area contributed by atoms with Crippen LogP contribution in [0.5, 0.6) is 0 Å². The molecule has 1 aromatic heterocycles. The molecule has 0 aliphatic rings. The fraction of sp³-hybridized carbons (Fsp3) is 0.167. The summed E-state index contributed by atoms with van der Waals surface area (Å²) < 4.78 is 0.800. The minimum atomic E-state index is -0.243. The van der Waals surface area contributed by atoms with Gasteiger partial charge in [0.25, 0.3) is 0 Å². The number of nitrogens with one attached hydrogen (secondary N) is 1. The van der Waals surface area contributed by atoms with Crippen LogP contribution in [0.15, 0.2) is 70.5 Å². The maximum Gasteiger partial charge on any atom is 0.234 e. The van der Waals surface area contributed by atoms with Gasteiger partial charge in [0.1, 0.15) is 5.51 Å². The Bertz CT molecular complexity index is 724. The first-order chi connectivity index (χ1) is 11.7. The van der Waals surface area contributed by atoms with Gasteiger partial charge in [-0.25, -0.2) is 0 Å². The zero-order chi connectivity index (χ0) is 16.8. The van der Waals surface area contributed by atoms with E-state index in [1.54, 1.807) is 5.51 Å². The molecule has 0 fully saturated rings. The second-order valence-corrected chi connectivity index (χ2v) is 7.65. The number of carbonyl (C=O) groups is 1. The maximum absolute atomic E-state index is 12.7. The Balaban J connectivity index is 1.78. The molecule has 0 saturated heterocycles. The number of benzene rings is 2. The van der Waals surface area contributed by atoms with Crippen LogP contribution in [0.3, 0.4) is 0 Å². The Morgan fingerprint density at radius 2 is 1.62 bits per heavy atom. The van der Waals surface area contributed by atoms with E-state index in [0.29, 0.717) is 0 Å². The number of nitrogens with zero attached hydrogens (tertiary/aromatic N) is 2. The largest absolute Gasteiger partial charge is 0.344 e. The summed E-state index contributed by atoms with van der Waals surface area (Å²) in [6, 6.07) is 19.8. The summed E-state index contributed by atoms with van der Waals surface area (Å²) in [7, 11) is 0. The lowest BCUT2D eigenvalue weighted by Gasteiger charge is -2.21. The first kappa shape index (κ1) is 16.7. The quantitative estimate of drug-likeness (QED) is 0.681. The van der Waals surface area contributed by atoms with Crippen molar-refractivity contribution in [2.24, 2.45) is 0 Å². The molecule has 0 aliphatic heterocycles. The first-order valence-electron chi connectivity index (χ1n) is 7.57. The van der Waals surface area contributed by atoms with Gasteiger partial charge < -0.3 is 5.32 Å². The monoisotopic (exact) mass is 355 g/mol. The minimum absolute atomic E-state index is 0.0205. The lowest BCUT2D eigenvalue weighted by molar-refractivity contribution is -0.120. The molecule has 0 bridgehead atoms. The number of thioether (sulfide) groups is 1. The van der Waals surface area contributed by atoms with Crippen molar-refractivity contribution in [3.63, 3.8) is 0 Å². The fourth-order valence-electron chi connectivity index (χ4n) is 2.33. The summed E-state index contributed by atoms with van der Waals surface area (Å²) in [6.45, 7) is 1.88. The molecule has 0 aliphatic carbocycles. The van der Waals surface area contributed by atoms with Crippen molar-refractivity contribution in [3.8, 4) is 0 Å². The number of hydrogen-bond donors (Lipinski definition) is 1. The molecule has 2 aromatic carbocycles. The average molecular weight is 355 g/mol. The van der Waals surface area contributed by atoms with E-state index >= 15 is 0 Å². The number of hydrogen-bond acceptors (Lipinski definition) is 5. The highest BCUT2D eigenvalue weighted by molar-refractivity contribution is 8.02. The smallest absolute Gasteiger partial charge is 0.234 e. The first-order valence-corrected chi connectivity index (χ1v) is 9.33. The molecule has 1 N–H and O–H groups in total. The molecule has 4 nitrogen and oxygen atoms in total. The van der Waals surface area contributed by atoms with Gasteiger partial charge in [-0.15, -0.1) is 10.2 Å². The molecule has 24 heavy (non-hydrogen) atoms. The van der Waals surface area contributed by atoms with Crippen LogP contribution >= 0.6 is 23.1 Å². The Kier molecular flexibility index (Phi) is 5.61. The summed E-state index contributed by atoms with van der Waals surface area (Å²) in [5, 5.41) is 10.7. The average Bonchev–Trinajstić information content (AvgIpc) is 3.14. The molecule has 1 atom stereocenters. The molecule has 3 aromatic rings. The predicted octanol–water partition coefficient (Wildman–Crippen LogP) is 3.92. The lowest BCUT2D eigenvalue weighted by atomic mass is 9.98. The number of rotatable bonds is 6. The molecule has 6 heteroatoms. The van der Waals surface area contributed by atoms with Crippen LogP contribution in [-0.4, -0.2) is 21.4 Å². The highest BCUT2D eigenvalue weighted by Crippen LogP contribution is 2.26. The third kappa shape index (κ3) is 4.21. The van der Waals surface area contributed by atoms with Gasteiger partial charge in [0, 0.05) is 0 Å². The van der Waals surface area contributed by atoms with Crippen molar-refractivity contribution in [3.05, 3.63) is 77.3 Å². The molecule has 0 saturated carbocycles. The van der Waals surface area contributed by atoms with E-state index in [4.69, 9.17) is 0 Å². The Morgan fingerprint density at radius 1 is 1.04 bits per heavy atom. The molecule has 0 spiro atoms. The van der Waals surface area contributed by atoms with Gasteiger partial charge in [-0.05, 0) is 18.1 Å². The van der Waals surface area contributed by atoms with Crippen molar-refractivity contribution in [2.45, 2.75) is 22.6 Å². The Morgan fingerprint density at radius 3 is 2.12 bits per heavy atom. The Labute approximate surface area is 149 Å². The summed E-state index contributed by atoms with van der Waals surface area (Å²) in [6.07, 6.45) is 0. The third-order valence-corrected chi connectivity index (χ3v) is 5.45. The summed E-state index contributed by atoms with van der Waals surface area (Å²) in [5.41, 5.74) is 3.79. The van der Waals surface area contributed by atoms with Crippen LogP contribution in [-0.2, 0) is 4.79 Å². The van der Waals surface area contributed by atoms with Gasteiger partial charge in [0.15, 0.2) is 4.34 Å². The van der Waals surface area contributed by atoms with Gasteiger partial charge in [0.2, 0.25) is 5.91 Å². The van der Waals surface area contributed by atoms with Crippen LogP contribution in [0.4, 0.5) is 0 Å². The van der Waals surface area contributed by atoms with Crippen molar-refractivity contribution in [1.29, 1.82) is 0 Å². The molecule has 122 valence electrons. The van der Waals surface area contributed by atoms with Gasteiger partial charge in [0.05, 0.1) is 11.3 Å². The molecule has 1 unspecified atom stereocenters. The minimum Gasteiger partial charge on any atom is -0.344 e. The van der Waals surface area contributed by atoms with Gasteiger partial charge >= 0.3 is 0 Å². The van der Waals surface area contributed by atoms with E-state index < -0.39 is 0 Å². The SMILES string of the molecule is CC(Sc1nncs1)C(=O)NC(c1ccccc1)c1ccccc1. The topological polar surface area (TPSA) is 54.9 Å². The predicted molar refractivity (Wildman–Crippen MR) is 98.1 cm³/mol. The van der Waals surface area contributed by atoms with E-state index in [1.807, 2.05) is 67.6 Å². The van der Waals surface area contributed by atoms with E-state index in [-0.39, 0.29) is 17.2 Å². The highest BCUT2D eigenvalue weighted by atomic mass is 32.2. The van der Waals surface area contributed by atoms with Gasteiger partial charge in [-0.2, -0.15) is 0 Å². The van der Waals surface area contributed by atoms with E-state index in [0.717, 1.165) is 15.5 Å². The van der Waals surface area contributed by atoms with Crippen molar-refractivity contribution in [1.82, 2.24) is 15.5 Å². The normalized spacial score (nSPS) is 12.1. The number of amides is 1. The van der Waals surface area contributed by atoms with Crippen LogP contribution in [0, 0.1) is 0 Å². The second kappa shape index (κ2) is 8.08. The molecular weight excluding hydrogens is 338 g/mol. The summed E-state index contributed by atoms with van der Waals surface area (Å²) in [4.78, 5) is 12.7. The second-order valence-electron chi connectivity index (χ2n) is 5.23. The number of aromatic nitrogens is 2. The zero-order valence-corrected chi connectivity index (χ0v) is 14.8. The van der Waals surface area contributed by atoms with Crippen LogP contribution in [0.1, 0.15) is 24.1 Å². The third-order valence-electron chi connectivity index (χ3n) is 3.54. The van der Waals surface area contributed by atoms with Gasteiger partial charge in [-0.1, -0.05) is 83.8 Å². The van der Waals surface area contributed by atoms with Crippen LogP contribution < -0.4 is 5.32 Å². The van der Waals surface area contributed by atoms with Gasteiger partial charge in [-0.3, -0.25) is 4.79 Å². The van der Waals surface area contributed by atoms with E-state index in [2.05, 4.69) is 15.5 Å². The molecule has 3 rings (SSSR count).